The molecule has 0 aromatic rings. The molecule has 6 nitrogen and oxygen atoms in total. The molecule has 0 aromatic carbocycles. The first kappa shape index (κ1) is 79.8. The van der Waals surface area contributed by atoms with Crippen LogP contribution in [0.25, 0.3) is 0 Å². The Labute approximate surface area is 516 Å². The highest BCUT2D eigenvalue weighted by atomic mass is 16.6. The Kier molecular flexibility index (Phi) is 68.6. The second-order valence-corrected chi connectivity index (χ2v) is 24.5. The highest BCUT2D eigenvalue weighted by Crippen LogP contribution is 2.18. The Morgan fingerprint density at radius 2 is 0.470 bits per heavy atom. The summed E-state index contributed by atoms with van der Waals surface area (Å²) in [4.78, 5) is 38.5. The van der Waals surface area contributed by atoms with Crippen molar-refractivity contribution in [2.45, 2.75) is 386 Å². The van der Waals surface area contributed by atoms with Crippen molar-refractivity contribution in [3.05, 3.63) is 72.9 Å². The highest BCUT2D eigenvalue weighted by molar-refractivity contribution is 5.71. The summed E-state index contributed by atoms with van der Waals surface area (Å²) in [6.07, 6.45) is 93.6. The van der Waals surface area contributed by atoms with Crippen LogP contribution >= 0.6 is 0 Å². The lowest BCUT2D eigenvalue weighted by Crippen LogP contribution is -2.30. The molecule has 83 heavy (non-hydrogen) atoms. The third kappa shape index (κ3) is 69.5. The van der Waals surface area contributed by atoms with Crippen LogP contribution in [-0.4, -0.2) is 37.2 Å². The maximum atomic E-state index is 13.0. The first-order chi connectivity index (χ1) is 41.0. The summed E-state index contributed by atoms with van der Waals surface area (Å²) < 4.78 is 17.0. The fourth-order valence-corrected chi connectivity index (χ4v) is 10.7. The van der Waals surface area contributed by atoms with Crippen LogP contribution in [0, 0.1) is 0 Å². The molecular weight excluding hydrogens is 1020 g/mol. The van der Waals surface area contributed by atoms with Crippen molar-refractivity contribution in [3.63, 3.8) is 0 Å². The molecule has 0 aliphatic heterocycles. The van der Waals surface area contributed by atoms with E-state index in [1.165, 1.54) is 250 Å². The van der Waals surface area contributed by atoms with Crippen molar-refractivity contribution >= 4 is 17.9 Å². The molecule has 0 radical (unpaired) electrons. The van der Waals surface area contributed by atoms with Crippen LogP contribution in [0.1, 0.15) is 380 Å². The van der Waals surface area contributed by atoms with Gasteiger partial charge in [0.2, 0.25) is 0 Å². The third-order valence-corrected chi connectivity index (χ3v) is 16.2. The highest BCUT2D eigenvalue weighted by Gasteiger charge is 2.19. The standard InChI is InChI=1S/C77H138O6/c1-4-7-10-13-16-19-22-25-28-31-33-35-37-38-40-41-43-46-49-52-55-58-61-64-67-70-76(79)82-73-74(72-81-75(78)69-66-63-60-57-54-51-48-45-30-27-24-21-18-15-12-9-6-3)83-77(80)71-68-65-62-59-56-53-50-47-44-42-39-36-34-32-29-26-23-20-17-14-11-8-5-2/h9,12,18,21,23,26-27,30-34,74H,4-8,10-11,13-17,19-20,22,24-25,28-29,35-73H2,1-3H3/b12-9-,21-18-,26-23-,30-27-,33-31-,34-32-. The molecule has 482 valence electrons. The summed E-state index contributed by atoms with van der Waals surface area (Å²) in [7, 11) is 0. The van der Waals surface area contributed by atoms with Crippen LogP contribution in [0.3, 0.4) is 0 Å². The van der Waals surface area contributed by atoms with Crippen LogP contribution in [0.4, 0.5) is 0 Å². The average Bonchev–Trinajstić information content (AvgIpc) is 3.49. The van der Waals surface area contributed by atoms with Gasteiger partial charge in [0.05, 0.1) is 0 Å². The van der Waals surface area contributed by atoms with Gasteiger partial charge in [-0.2, -0.15) is 0 Å². The molecule has 0 bridgehead atoms. The lowest BCUT2D eigenvalue weighted by Gasteiger charge is -2.18. The normalized spacial score (nSPS) is 12.5. The minimum atomic E-state index is -0.783. The number of hydrogen-bond acceptors (Lipinski definition) is 6. The average molecular weight is 1160 g/mol. The van der Waals surface area contributed by atoms with E-state index < -0.39 is 6.10 Å². The number of esters is 3. The van der Waals surface area contributed by atoms with E-state index in [4.69, 9.17) is 14.2 Å². The van der Waals surface area contributed by atoms with E-state index >= 15 is 0 Å². The van der Waals surface area contributed by atoms with E-state index in [-0.39, 0.29) is 31.1 Å². The zero-order valence-electron chi connectivity index (χ0n) is 55.5. The van der Waals surface area contributed by atoms with E-state index in [1.54, 1.807) is 0 Å². The van der Waals surface area contributed by atoms with Crippen molar-refractivity contribution in [2.75, 3.05) is 13.2 Å². The number of rotatable bonds is 67. The molecule has 6 heteroatoms. The van der Waals surface area contributed by atoms with Gasteiger partial charge in [-0.25, -0.2) is 0 Å². The second-order valence-electron chi connectivity index (χ2n) is 24.5. The van der Waals surface area contributed by atoms with E-state index in [0.29, 0.717) is 19.3 Å². The van der Waals surface area contributed by atoms with Gasteiger partial charge < -0.3 is 14.2 Å². The maximum Gasteiger partial charge on any atom is 0.306 e. The molecule has 0 spiro atoms. The Hall–Kier alpha value is -3.15. The maximum absolute atomic E-state index is 13.0. The first-order valence-corrected chi connectivity index (χ1v) is 36.4. The molecule has 1 atom stereocenters. The number of carbonyl (C=O) groups excluding carboxylic acids is 3. The van der Waals surface area contributed by atoms with Crippen molar-refractivity contribution in [2.24, 2.45) is 0 Å². The number of allylic oxidation sites excluding steroid dienone is 12. The molecule has 0 aliphatic rings. The zero-order valence-corrected chi connectivity index (χ0v) is 55.5. The SMILES string of the molecule is CC/C=C\C/C=C\C/C=C\CCCCCCCCCC(=O)OCC(COC(=O)CCCCCCCCCCCCCCC/C=C\CCCCCCCCCC)OC(=O)CCCCCCCCCCCCC/C=C\C/C=C\CCCCCCC. The summed E-state index contributed by atoms with van der Waals surface area (Å²) in [6, 6.07) is 0. The monoisotopic (exact) mass is 1160 g/mol. The van der Waals surface area contributed by atoms with Gasteiger partial charge in [0.15, 0.2) is 6.10 Å². The largest absolute Gasteiger partial charge is 0.462 e. The van der Waals surface area contributed by atoms with Crippen LogP contribution in [-0.2, 0) is 28.6 Å². The molecule has 1 unspecified atom stereocenters. The molecule has 0 heterocycles. The lowest BCUT2D eigenvalue weighted by molar-refractivity contribution is -0.167. The fourth-order valence-electron chi connectivity index (χ4n) is 10.7. The molecular formula is C77H138O6. The predicted molar refractivity (Wildman–Crippen MR) is 362 cm³/mol. The smallest absolute Gasteiger partial charge is 0.306 e. The summed E-state index contributed by atoms with van der Waals surface area (Å²) in [6.45, 7) is 6.57. The fraction of sp³-hybridized carbons (Fsp3) is 0.805. The molecule has 0 N–H and O–H groups in total. The number of hydrogen-bond donors (Lipinski definition) is 0. The van der Waals surface area contributed by atoms with Gasteiger partial charge in [0.25, 0.3) is 0 Å². The topological polar surface area (TPSA) is 78.9 Å². The van der Waals surface area contributed by atoms with E-state index in [0.717, 1.165) is 89.9 Å². The van der Waals surface area contributed by atoms with Crippen LogP contribution in [0.15, 0.2) is 72.9 Å². The molecule has 0 aromatic heterocycles. The number of carbonyl (C=O) groups is 3. The van der Waals surface area contributed by atoms with Crippen molar-refractivity contribution in [1.82, 2.24) is 0 Å². The van der Waals surface area contributed by atoms with Crippen molar-refractivity contribution in [3.8, 4) is 0 Å². The van der Waals surface area contributed by atoms with Crippen LogP contribution < -0.4 is 0 Å². The van der Waals surface area contributed by atoms with Gasteiger partial charge in [-0.3, -0.25) is 14.4 Å². The van der Waals surface area contributed by atoms with Gasteiger partial charge in [0, 0.05) is 19.3 Å². The molecule has 0 saturated carbocycles. The van der Waals surface area contributed by atoms with E-state index in [9.17, 15) is 14.4 Å². The number of ether oxygens (including phenoxy) is 3. The first-order valence-electron chi connectivity index (χ1n) is 36.4. The van der Waals surface area contributed by atoms with Gasteiger partial charge in [0.1, 0.15) is 13.2 Å². The summed E-state index contributed by atoms with van der Waals surface area (Å²) in [5, 5.41) is 0. The van der Waals surface area contributed by atoms with Gasteiger partial charge in [-0.1, -0.05) is 325 Å². The minimum absolute atomic E-state index is 0.0767. The van der Waals surface area contributed by atoms with Crippen LogP contribution in [0.2, 0.25) is 0 Å². The van der Waals surface area contributed by atoms with Gasteiger partial charge >= 0.3 is 17.9 Å². The molecule has 0 aliphatic carbocycles. The minimum Gasteiger partial charge on any atom is -0.462 e. The van der Waals surface area contributed by atoms with Gasteiger partial charge in [-0.05, 0) is 109 Å². The Balaban J connectivity index is 4.32. The molecule has 0 amide bonds. The molecule has 0 rings (SSSR count). The van der Waals surface area contributed by atoms with Gasteiger partial charge in [-0.15, -0.1) is 0 Å². The van der Waals surface area contributed by atoms with E-state index in [1.807, 2.05) is 0 Å². The van der Waals surface area contributed by atoms with E-state index in [2.05, 4.69) is 93.7 Å². The number of unbranched alkanes of at least 4 members (excludes halogenated alkanes) is 44. The summed E-state index contributed by atoms with van der Waals surface area (Å²) >= 11 is 0. The Bertz CT molecular complexity index is 1520. The lowest BCUT2D eigenvalue weighted by atomic mass is 10.0. The molecule has 0 fully saturated rings. The third-order valence-electron chi connectivity index (χ3n) is 16.2. The van der Waals surface area contributed by atoms with Crippen LogP contribution in [0.5, 0.6) is 0 Å². The molecule has 0 saturated heterocycles. The summed E-state index contributed by atoms with van der Waals surface area (Å²) in [5.74, 6) is -0.867. The second kappa shape index (κ2) is 71.3. The quantitative estimate of drug-likeness (QED) is 0.0261. The Morgan fingerprint density at radius 1 is 0.253 bits per heavy atom. The Morgan fingerprint density at radius 3 is 0.747 bits per heavy atom. The predicted octanol–water partition coefficient (Wildman–Crippen LogP) is 25.2. The summed E-state index contributed by atoms with van der Waals surface area (Å²) in [5.41, 5.74) is 0. The zero-order chi connectivity index (χ0) is 59.9. The van der Waals surface area contributed by atoms with Crippen molar-refractivity contribution in [1.29, 1.82) is 0 Å². The van der Waals surface area contributed by atoms with Crippen molar-refractivity contribution < 1.29 is 28.6 Å².